The van der Waals surface area contributed by atoms with Crippen molar-refractivity contribution in [3.63, 3.8) is 0 Å². The first-order valence-corrected chi connectivity index (χ1v) is 34.4. The summed E-state index contributed by atoms with van der Waals surface area (Å²) in [5.41, 5.74) is 10.8. The maximum atomic E-state index is 13.9. The fourth-order valence-electron chi connectivity index (χ4n) is 11.1. The molecule has 11 heterocycles. The van der Waals surface area contributed by atoms with Gasteiger partial charge in [0.2, 0.25) is 0 Å². The molecule has 0 aromatic carbocycles. The van der Waals surface area contributed by atoms with Gasteiger partial charge in [0.1, 0.15) is 46.4 Å². The number of unbranched alkanes of at least 4 members (excludes halogenated alkanes) is 2. The van der Waals surface area contributed by atoms with Crippen LogP contribution in [-0.2, 0) is 6.18 Å². The molecule has 10 aromatic rings. The van der Waals surface area contributed by atoms with Crippen molar-refractivity contribution < 1.29 is 13.2 Å². The Balaban J connectivity index is 1.03. The van der Waals surface area contributed by atoms with Gasteiger partial charge in [-0.25, -0.2) is 0 Å². The van der Waals surface area contributed by atoms with Crippen LogP contribution < -0.4 is 10.4 Å². The summed E-state index contributed by atoms with van der Waals surface area (Å²) in [6, 6.07) is 15.8. The van der Waals surface area contributed by atoms with Crippen molar-refractivity contribution in [2.24, 2.45) is 11.8 Å². The quantitative estimate of drug-likeness (QED) is 0.0797. The summed E-state index contributed by atoms with van der Waals surface area (Å²) >= 11 is 12.2. The zero-order valence-corrected chi connectivity index (χ0v) is 50.5. The molecule has 6 nitrogen and oxygen atoms in total. The summed E-state index contributed by atoms with van der Waals surface area (Å²) in [6.45, 7) is 19.5. The van der Waals surface area contributed by atoms with E-state index in [0.29, 0.717) is 16.7 Å². The predicted octanol–water partition coefficient (Wildman–Crippen LogP) is 19.4. The smallest absolute Gasteiger partial charge is 0.252 e. The molecule has 0 radical (unpaired) electrons. The van der Waals surface area contributed by atoms with E-state index in [0.717, 1.165) is 89.0 Å². The Hall–Kier alpha value is -3.85. The molecule has 10 aromatic heterocycles. The highest BCUT2D eigenvalue weighted by molar-refractivity contribution is 7.32. The molecule has 1 aliphatic rings. The van der Waals surface area contributed by atoms with E-state index in [1.165, 1.54) is 138 Å². The van der Waals surface area contributed by atoms with Crippen LogP contribution in [0.5, 0.6) is 0 Å². The van der Waals surface area contributed by atoms with Crippen LogP contribution in [0.2, 0.25) is 12.1 Å². The number of alkyl halides is 3. The molecule has 74 heavy (non-hydrogen) atoms. The summed E-state index contributed by atoms with van der Waals surface area (Å²) in [6.07, 6.45) is 9.24. The van der Waals surface area contributed by atoms with Crippen LogP contribution in [0.15, 0.2) is 48.8 Å². The van der Waals surface area contributed by atoms with E-state index >= 15 is 0 Å². The van der Waals surface area contributed by atoms with Crippen LogP contribution in [0, 0.1) is 46.5 Å². The number of nitrogens with zero attached hydrogens (tertiary/aromatic N) is 6. The van der Waals surface area contributed by atoms with Crippen LogP contribution >= 0.6 is 91.5 Å². The Morgan fingerprint density at radius 1 is 0.486 bits per heavy atom. The van der Waals surface area contributed by atoms with Crippen molar-refractivity contribution in [3.05, 3.63) is 80.8 Å². The van der Waals surface area contributed by atoms with E-state index in [-0.39, 0.29) is 5.56 Å². The number of pyridine rings is 2. The maximum Gasteiger partial charge on any atom is 0.425 e. The van der Waals surface area contributed by atoms with Gasteiger partial charge in [-0.3, -0.25) is 9.97 Å². The van der Waals surface area contributed by atoms with Crippen LogP contribution in [0.3, 0.4) is 0 Å². The Morgan fingerprint density at radius 3 is 1.34 bits per heavy atom. The second-order valence-electron chi connectivity index (χ2n) is 20.2. The highest BCUT2D eigenvalue weighted by atomic mass is 32.1. The lowest BCUT2D eigenvalue weighted by molar-refractivity contribution is -0.134. The monoisotopic (exact) mass is 1150 g/mol. The fraction of sp³-hybridized carbons (Fsp3) is 0.393. The lowest BCUT2D eigenvalue weighted by Gasteiger charge is -2.35. The molecule has 0 N–H and O–H groups in total. The van der Waals surface area contributed by atoms with Gasteiger partial charge in [-0.15, -0.1) is 68.0 Å². The Labute approximate surface area is 464 Å². The first-order chi connectivity index (χ1) is 35.6. The zero-order chi connectivity index (χ0) is 51.8. The molecule has 0 fully saturated rings. The van der Waals surface area contributed by atoms with E-state index in [4.69, 9.17) is 27.5 Å². The van der Waals surface area contributed by atoms with E-state index in [1.54, 1.807) is 16.4 Å². The van der Waals surface area contributed by atoms with Gasteiger partial charge in [0.15, 0.2) is 0 Å². The third kappa shape index (κ3) is 9.26. The number of rotatable bonds is 18. The fourth-order valence-corrected chi connectivity index (χ4v) is 27.4. The number of aryl methyl sites for hydroxylation is 5. The third-order valence-electron chi connectivity index (χ3n) is 15.3. The molecule has 2 unspecified atom stereocenters. The van der Waals surface area contributed by atoms with Gasteiger partial charge in [0, 0.05) is 67.4 Å². The average Bonchev–Trinajstić information content (AvgIpc) is 4.24. The average molecular weight is 1160 g/mol. The zero-order valence-electron chi connectivity index (χ0n) is 42.9. The number of hydrogen-bond acceptors (Lipinski definition) is 14. The highest BCUT2D eigenvalue weighted by Gasteiger charge is 2.50. The number of thiophene rings is 6. The van der Waals surface area contributed by atoms with Crippen LogP contribution in [0.1, 0.15) is 111 Å². The third-order valence-corrected chi connectivity index (χ3v) is 29.9. The molecule has 0 saturated heterocycles. The topological polar surface area (TPSA) is 77.3 Å². The normalized spacial score (nSPS) is 15.5. The lowest BCUT2D eigenvalue weighted by atomic mass is 10.0. The van der Waals surface area contributed by atoms with E-state index < -0.39 is 19.1 Å². The molecular weight excluding hydrogens is 1100 g/mol. The molecule has 0 amide bonds. The standard InChI is InChI=1S/C56H57F3N6S8Si/c1-10-14-16-33(12-3)26-74(27-34(13-4)17-15-11-2)43-22-39(47-49-45(62-72-64-49)35(24-60-47)37-19-29(6)51(67-37)41-18-28(5)32(9)66-41)69-53(43)54-44(74)23-40(70-54)48-50-46(63-73-65-50)36(25-61-48)38-20-30(7)52(68-38)42-21-31(8)55(71-42)56(57,58)59/h18-25,33-34H,10-17,26-27H2,1-9H3. The summed E-state index contributed by atoms with van der Waals surface area (Å²) < 4.78 is 61.5. The van der Waals surface area contributed by atoms with Crippen molar-refractivity contribution in [1.82, 2.24) is 27.5 Å². The highest BCUT2D eigenvalue weighted by Crippen LogP contribution is 2.52. The van der Waals surface area contributed by atoms with Crippen molar-refractivity contribution >= 4 is 132 Å². The SMILES string of the molecule is CCCCC(CC)C[Si]1(CC(CC)CCCC)c2cc(-c3ncc(-c4cc(C)c(-c5cc(C)c(C)s5)s4)c4nsnc34)sc2-c2sc(-c3ncc(-c4cc(C)c(-c5cc(C)c(C(F)(F)F)s5)s4)c4nsnc34)cc21. The molecule has 11 rings (SSSR count). The Morgan fingerprint density at radius 2 is 0.919 bits per heavy atom. The Kier molecular flexibility index (Phi) is 14.7. The molecule has 0 aliphatic carbocycles. The van der Waals surface area contributed by atoms with Gasteiger partial charge in [0.25, 0.3) is 0 Å². The molecule has 2 atom stereocenters. The van der Waals surface area contributed by atoms with Crippen LogP contribution in [0.4, 0.5) is 13.2 Å². The molecule has 1 aliphatic heterocycles. The van der Waals surface area contributed by atoms with Gasteiger partial charge in [-0.2, -0.15) is 30.7 Å². The van der Waals surface area contributed by atoms with Crippen LogP contribution in [0.25, 0.3) is 93.4 Å². The molecule has 0 spiro atoms. The second-order valence-corrected chi connectivity index (χ2v) is 31.8. The Bertz CT molecular complexity index is 3650. The van der Waals surface area contributed by atoms with Gasteiger partial charge in [0.05, 0.1) is 33.2 Å². The first kappa shape index (κ1) is 52.2. The number of aromatic nitrogens is 6. The molecule has 18 heteroatoms. The molecule has 0 bridgehead atoms. The van der Waals surface area contributed by atoms with Crippen LogP contribution in [-0.4, -0.2) is 35.5 Å². The van der Waals surface area contributed by atoms with E-state index in [1.807, 2.05) is 64.7 Å². The minimum absolute atomic E-state index is 0.250. The summed E-state index contributed by atoms with van der Waals surface area (Å²) in [5.74, 6) is 1.24. The van der Waals surface area contributed by atoms with E-state index in [2.05, 4.69) is 78.8 Å². The van der Waals surface area contributed by atoms with E-state index in [9.17, 15) is 13.2 Å². The minimum atomic E-state index is -4.38. The second kappa shape index (κ2) is 20.8. The molecule has 384 valence electrons. The van der Waals surface area contributed by atoms with Gasteiger partial charge < -0.3 is 0 Å². The maximum absolute atomic E-state index is 13.9. The first-order valence-electron chi connectivity index (χ1n) is 25.6. The molecular formula is C56H57F3N6S8Si. The number of fused-ring (bicyclic) bond motifs is 5. The minimum Gasteiger partial charge on any atom is -0.252 e. The van der Waals surface area contributed by atoms with Gasteiger partial charge >= 0.3 is 6.18 Å². The van der Waals surface area contributed by atoms with Crippen molar-refractivity contribution in [2.45, 2.75) is 132 Å². The largest absolute Gasteiger partial charge is 0.425 e. The van der Waals surface area contributed by atoms with Crippen molar-refractivity contribution in [3.8, 4) is 71.3 Å². The lowest BCUT2D eigenvalue weighted by Crippen LogP contribution is -2.56. The summed E-state index contributed by atoms with van der Waals surface area (Å²) in [5, 5.41) is 3.14. The molecule has 0 saturated carbocycles. The van der Waals surface area contributed by atoms with Gasteiger partial charge in [-0.1, -0.05) is 79.1 Å². The van der Waals surface area contributed by atoms with Crippen molar-refractivity contribution in [1.29, 1.82) is 0 Å². The summed E-state index contributed by atoms with van der Waals surface area (Å²) in [7, 11) is -2.45. The predicted molar refractivity (Wildman–Crippen MR) is 319 cm³/mol. The number of halogens is 3. The van der Waals surface area contributed by atoms with Crippen molar-refractivity contribution in [2.75, 3.05) is 0 Å². The van der Waals surface area contributed by atoms with Gasteiger partial charge in [-0.05, 0) is 128 Å². The summed E-state index contributed by atoms with van der Waals surface area (Å²) in [4.78, 5) is 22.6. The number of hydrogen-bond donors (Lipinski definition) is 0.